The lowest BCUT2D eigenvalue weighted by Crippen LogP contribution is -2.18. The molecule has 0 atom stereocenters. The molecule has 0 aromatic heterocycles. The fourth-order valence-electron chi connectivity index (χ4n) is 1.69. The molecule has 0 aliphatic heterocycles. The molecular formula is C15H13BrN2OS2. The van der Waals surface area contributed by atoms with E-state index in [1.807, 2.05) is 36.4 Å². The number of carbonyl (C=O) groups is 1. The summed E-state index contributed by atoms with van der Waals surface area (Å²) in [6.45, 7) is 0. The smallest absolute Gasteiger partial charge is 0.234 e. The normalized spacial score (nSPS) is 10.1. The Morgan fingerprint density at radius 2 is 1.95 bits per heavy atom. The van der Waals surface area contributed by atoms with Gasteiger partial charge in [0.25, 0.3) is 0 Å². The first-order valence-electron chi connectivity index (χ1n) is 6.13. The maximum atomic E-state index is 12.0. The summed E-state index contributed by atoms with van der Waals surface area (Å²) in [5, 5.41) is 2.85. The van der Waals surface area contributed by atoms with Crippen molar-refractivity contribution in [2.24, 2.45) is 5.73 Å². The van der Waals surface area contributed by atoms with Gasteiger partial charge in [-0.15, -0.1) is 11.8 Å². The van der Waals surface area contributed by atoms with Gasteiger partial charge in [-0.3, -0.25) is 4.79 Å². The third-order valence-corrected chi connectivity index (χ3v) is 4.36. The lowest BCUT2D eigenvalue weighted by Gasteiger charge is -2.10. The number of hydrogen-bond donors (Lipinski definition) is 2. The van der Waals surface area contributed by atoms with Gasteiger partial charge in [-0.2, -0.15) is 0 Å². The van der Waals surface area contributed by atoms with Crippen molar-refractivity contribution < 1.29 is 4.79 Å². The maximum Gasteiger partial charge on any atom is 0.234 e. The van der Waals surface area contributed by atoms with Crippen LogP contribution in [0.15, 0.2) is 57.9 Å². The van der Waals surface area contributed by atoms with E-state index in [0.717, 1.165) is 9.37 Å². The number of hydrogen-bond acceptors (Lipinski definition) is 3. The number of halogens is 1. The predicted molar refractivity (Wildman–Crippen MR) is 95.8 cm³/mol. The minimum atomic E-state index is -0.0977. The highest BCUT2D eigenvalue weighted by atomic mass is 79.9. The summed E-state index contributed by atoms with van der Waals surface area (Å²) >= 11 is 9.84. The summed E-state index contributed by atoms with van der Waals surface area (Å²) in [6.07, 6.45) is 0. The summed E-state index contributed by atoms with van der Waals surface area (Å²) in [5.74, 6) is 0.229. The van der Waals surface area contributed by atoms with E-state index >= 15 is 0 Å². The number of carbonyl (C=O) groups excluding carboxylic acids is 1. The van der Waals surface area contributed by atoms with Crippen LogP contribution in [0.3, 0.4) is 0 Å². The van der Waals surface area contributed by atoms with Crippen molar-refractivity contribution in [2.75, 3.05) is 11.1 Å². The second-order valence-corrected chi connectivity index (χ2v) is 6.61. The molecular weight excluding hydrogens is 368 g/mol. The van der Waals surface area contributed by atoms with Crippen LogP contribution in [0.5, 0.6) is 0 Å². The lowest BCUT2D eigenvalue weighted by atomic mass is 10.2. The van der Waals surface area contributed by atoms with E-state index in [0.29, 0.717) is 17.0 Å². The Labute approximate surface area is 141 Å². The fraction of sp³-hybridized carbons (Fsp3) is 0.0667. The van der Waals surface area contributed by atoms with Gasteiger partial charge in [-0.1, -0.05) is 46.3 Å². The standard InChI is InChI=1S/C15H13BrN2OS2/c16-10-6-7-12(15(17)20)13(8-10)18-14(19)9-21-11-4-2-1-3-5-11/h1-8H,9H2,(H2,17,20)(H,18,19). The molecule has 6 heteroatoms. The van der Waals surface area contributed by atoms with Gasteiger partial charge in [-0.25, -0.2) is 0 Å². The number of benzene rings is 2. The summed E-state index contributed by atoms with van der Waals surface area (Å²) < 4.78 is 0.855. The zero-order valence-electron chi connectivity index (χ0n) is 11.0. The molecule has 0 spiro atoms. The first kappa shape index (κ1) is 16.0. The van der Waals surface area contributed by atoms with Crippen LogP contribution in [0.25, 0.3) is 0 Å². The molecule has 0 heterocycles. The number of anilines is 1. The summed E-state index contributed by atoms with van der Waals surface area (Å²) in [6, 6.07) is 15.2. The quantitative estimate of drug-likeness (QED) is 0.611. The van der Waals surface area contributed by atoms with Crippen molar-refractivity contribution >= 4 is 56.5 Å². The van der Waals surface area contributed by atoms with Crippen LogP contribution >= 0.6 is 39.9 Å². The van der Waals surface area contributed by atoms with Gasteiger partial charge < -0.3 is 11.1 Å². The molecule has 0 bridgehead atoms. The largest absolute Gasteiger partial charge is 0.389 e. The highest BCUT2D eigenvalue weighted by Gasteiger charge is 2.10. The zero-order chi connectivity index (χ0) is 15.2. The number of amides is 1. The lowest BCUT2D eigenvalue weighted by molar-refractivity contribution is -0.113. The molecule has 2 aromatic carbocycles. The molecule has 0 radical (unpaired) electrons. The molecule has 0 aliphatic rings. The second kappa shape index (κ2) is 7.59. The Bertz CT molecular complexity index is 662. The van der Waals surface area contributed by atoms with Crippen LogP contribution in [0.1, 0.15) is 5.56 Å². The molecule has 21 heavy (non-hydrogen) atoms. The predicted octanol–water partition coefficient (Wildman–Crippen LogP) is 3.81. The van der Waals surface area contributed by atoms with Gasteiger partial charge in [0.1, 0.15) is 4.99 Å². The van der Waals surface area contributed by atoms with Crippen molar-refractivity contribution in [2.45, 2.75) is 4.90 Å². The molecule has 2 aromatic rings. The first-order valence-corrected chi connectivity index (χ1v) is 8.32. The minimum Gasteiger partial charge on any atom is -0.389 e. The van der Waals surface area contributed by atoms with Gasteiger partial charge in [0.15, 0.2) is 0 Å². The van der Waals surface area contributed by atoms with Crippen molar-refractivity contribution in [1.29, 1.82) is 0 Å². The van der Waals surface area contributed by atoms with E-state index in [1.165, 1.54) is 11.8 Å². The Hall–Kier alpha value is -1.37. The van der Waals surface area contributed by atoms with Crippen LogP contribution in [0.2, 0.25) is 0 Å². The molecule has 108 valence electrons. The van der Waals surface area contributed by atoms with E-state index in [2.05, 4.69) is 21.2 Å². The van der Waals surface area contributed by atoms with Crippen molar-refractivity contribution in [3.8, 4) is 0 Å². The topological polar surface area (TPSA) is 55.1 Å². The summed E-state index contributed by atoms with van der Waals surface area (Å²) in [7, 11) is 0. The van der Waals surface area contributed by atoms with E-state index in [4.69, 9.17) is 18.0 Å². The molecule has 0 saturated carbocycles. The third kappa shape index (κ3) is 4.84. The number of thioether (sulfide) groups is 1. The van der Waals surface area contributed by atoms with Gasteiger partial charge >= 0.3 is 0 Å². The average Bonchev–Trinajstić information content (AvgIpc) is 2.46. The van der Waals surface area contributed by atoms with Crippen molar-refractivity contribution in [3.63, 3.8) is 0 Å². The van der Waals surface area contributed by atoms with E-state index < -0.39 is 0 Å². The molecule has 0 fully saturated rings. The fourth-order valence-corrected chi connectivity index (χ4v) is 2.95. The third-order valence-electron chi connectivity index (χ3n) is 2.63. The molecule has 2 rings (SSSR count). The van der Waals surface area contributed by atoms with Gasteiger partial charge in [0, 0.05) is 14.9 Å². The van der Waals surface area contributed by atoms with Gasteiger partial charge in [0.2, 0.25) is 5.91 Å². The average molecular weight is 381 g/mol. The van der Waals surface area contributed by atoms with Crippen LogP contribution in [-0.4, -0.2) is 16.6 Å². The monoisotopic (exact) mass is 380 g/mol. The van der Waals surface area contributed by atoms with Crippen molar-refractivity contribution in [1.82, 2.24) is 0 Å². The Morgan fingerprint density at radius 3 is 2.62 bits per heavy atom. The first-order chi connectivity index (χ1) is 10.1. The van der Waals surface area contributed by atoms with Crippen molar-refractivity contribution in [3.05, 3.63) is 58.6 Å². The molecule has 0 saturated heterocycles. The number of nitrogens with one attached hydrogen (secondary N) is 1. The van der Waals surface area contributed by atoms with E-state index in [1.54, 1.807) is 12.1 Å². The van der Waals surface area contributed by atoms with Crippen LogP contribution in [-0.2, 0) is 4.79 Å². The van der Waals surface area contributed by atoms with Crippen LogP contribution in [0.4, 0.5) is 5.69 Å². The molecule has 0 aliphatic carbocycles. The Kier molecular flexibility index (Phi) is 5.78. The zero-order valence-corrected chi connectivity index (χ0v) is 14.2. The Balaban J connectivity index is 2.02. The number of thiocarbonyl (C=S) groups is 1. The van der Waals surface area contributed by atoms with E-state index in [-0.39, 0.29) is 10.9 Å². The van der Waals surface area contributed by atoms with Gasteiger partial charge in [-0.05, 0) is 30.3 Å². The van der Waals surface area contributed by atoms with E-state index in [9.17, 15) is 4.79 Å². The highest BCUT2D eigenvalue weighted by Crippen LogP contribution is 2.23. The summed E-state index contributed by atoms with van der Waals surface area (Å²) in [4.78, 5) is 13.4. The maximum absolute atomic E-state index is 12.0. The molecule has 3 N–H and O–H groups in total. The highest BCUT2D eigenvalue weighted by molar-refractivity contribution is 9.10. The molecule has 3 nitrogen and oxygen atoms in total. The Morgan fingerprint density at radius 1 is 1.24 bits per heavy atom. The molecule has 0 unspecified atom stereocenters. The summed E-state index contributed by atoms with van der Waals surface area (Å²) in [5.41, 5.74) is 6.94. The molecule has 1 amide bonds. The van der Waals surface area contributed by atoms with Crippen LogP contribution in [0, 0.1) is 0 Å². The number of rotatable bonds is 5. The number of nitrogens with two attached hydrogens (primary N) is 1. The SMILES string of the molecule is NC(=S)c1ccc(Br)cc1NC(=O)CSc1ccccc1. The minimum absolute atomic E-state index is 0.0977. The second-order valence-electron chi connectivity index (χ2n) is 4.20. The van der Waals surface area contributed by atoms with Crippen LogP contribution < -0.4 is 11.1 Å². The van der Waals surface area contributed by atoms with Gasteiger partial charge in [0.05, 0.1) is 11.4 Å².